The Morgan fingerprint density at radius 1 is 1.17 bits per heavy atom. The molecule has 3 aromatic rings. The van der Waals surface area contributed by atoms with Gasteiger partial charge >= 0.3 is 6.09 Å². The number of nitrogens with one attached hydrogen (secondary N) is 1. The number of amides is 2. The number of pyridine rings is 2. The van der Waals surface area contributed by atoms with E-state index in [2.05, 4.69) is 20.3 Å². The lowest BCUT2D eigenvalue weighted by molar-refractivity contribution is 0.0241. The Kier molecular flexibility index (Phi) is 6.46. The highest BCUT2D eigenvalue weighted by Gasteiger charge is 2.31. The first-order chi connectivity index (χ1) is 16.5. The van der Waals surface area contributed by atoms with Gasteiger partial charge in [-0.05, 0) is 40.7 Å². The maximum atomic E-state index is 15.1. The number of hydrogen-bond donors (Lipinski definition) is 1. The molecule has 4 heterocycles. The normalized spacial score (nSPS) is 12.9. The molecule has 4 rings (SSSR count). The minimum atomic E-state index is -0.588. The molecule has 1 aliphatic rings. The Bertz CT molecular complexity index is 1290. The number of aromatic nitrogens is 3. The Morgan fingerprint density at radius 3 is 2.57 bits per heavy atom. The number of carbonyl (C=O) groups excluding carboxylic acids is 2. The quantitative estimate of drug-likeness (QED) is 0.546. The minimum Gasteiger partial charge on any atom is -0.494 e. The second-order valence-electron chi connectivity index (χ2n) is 9.15. The number of anilines is 1. The van der Waals surface area contributed by atoms with Crippen LogP contribution in [-0.2, 0) is 17.8 Å². The van der Waals surface area contributed by atoms with E-state index in [-0.39, 0.29) is 22.6 Å². The van der Waals surface area contributed by atoms with E-state index in [4.69, 9.17) is 9.47 Å². The molecule has 0 fully saturated rings. The van der Waals surface area contributed by atoms with E-state index in [0.29, 0.717) is 35.2 Å². The SMILES string of the molecule is COc1cnc(C)c(F)c1-c1cc(C)ncc1C(=O)Nc1nc2c(s1)CN(C(=O)OC(C)(C)C)C2. The van der Waals surface area contributed by atoms with E-state index in [1.807, 2.05) is 20.8 Å². The molecule has 0 saturated heterocycles. The van der Waals surface area contributed by atoms with Crippen molar-refractivity contribution in [3.8, 4) is 16.9 Å². The molecule has 9 nitrogen and oxygen atoms in total. The zero-order chi connectivity index (χ0) is 25.5. The second-order valence-corrected chi connectivity index (χ2v) is 10.2. The first-order valence-electron chi connectivity index (χ1n) is 10.9. The number of nitrogens with zero attached hydrogens (tertiary/aromatic N) is 4. The summed E-state index contributed by atoms with van der Waals surface area (Å²) in [6.45, 7) is 9.39. The Hall–Kier alpha value is -3.60. The number of methoxy groups -OCH3 is 1. The van der Waals surface area contributed by atoms with Crippen molar-refractivity contribution >= 4 is 28.5 Å². The Labute approximate surface area is 206 Å². The number of thiazole rings is 1. The zero-order valence-corrected chi connectivity index (χ0v) is 21.2. The number of hydrogen-bond acceptors (Lipinski definition) is 8. The van der Waals surface area contributed by atoms with Gasteiger partial charge in [0, 0.05) is 17.5 Å². The van der Waals surface area contributed by atoms with Crippen LogP contribution in [-0.4, -0.2) is 44.6 Å². The molecule has 1 N–H and O–H groups in total. The molecule has 0 saturated carbocycles. The first kappa shape index (κ1) is 24.5. The minimum absolute atomic E-state index is 0.144. The highest BCUT2D eigenvalue weighted by molar-refractivity contribution is 7.16. The van der Waals surface area contributed by atoms with Crippen molar-refractivity contribution in [2.75, 3.05) is 12.4 Å². The molecule has 0 aromatic carbocycles. The van der Waals surface area contributed by atoms with Gasteiger partial charge in [-0.25, -0.2) is 14.2 Å². The average Bonchev–Trinajstić information content (AvgIpc) is 3.33. The molecule has 0 atom stereocenters. The molecule has 0 unspecified atom stereocenters. The van der Waals surface area contributed by atoms with Crippen molar-refractivity contribution < 1.29 is 23.5 Å². The third kappa shape index (κ3) is 5.09. The fourth-order valence-electron chi connectivity index (χ4n) is 3.63. The Morgan fingerprint density at radius 2 is 1.91 bits per heavy atom. The third-order valence-corrected chi connectivity index (χ3v) is 6.26. The number of halogens is 1. The molecule has 0 aliphatic carbocycles. The van der Waals surface area contributed by atoms with Crippen LogP contribution in [0, 0.1) is 19.7 Å². The maximum Gasteiger partial charge on any atom is 0.410 e. The topological polar surface area (TPSA) is 107 Å². The third-order valence-electron chi connectivity index (χ3n) is 5.26. The standard InChI is InChI=1S/C24H26FN5O4S/c1-12-7-14(19-17(33-6)9-27-13(2)20(19)25)15(8-26-12)21(31)29-22-28-16-10-30(11-18(16)35-22)23(32)34-24(3,4)5/h7-9H,10-11H2,1-6H3,(H,28,29,31). The molecule has 0 bridgehead atoms. The summed E-state index contributed by atoms with van der Waals surface area (Å²) in [5.74, 6) is -0.845. The van der Waals surface area contributed by atoms with Gasteiger partial charge in [0.1, 0.15) is 11.4 Å². The summed E-state index contributed by atoms with van der Waals surface area (Å²) in [7, 11) is 1.42. The predicted octanol–water partition coefficient (Wildman–Crippen LogP) is 4.87. The van der Waals surface area contributed by atoms with Crippen molar-refractivity contribution in [1.29, 1.82) is 0 Å². The highest BCUT2D eigenvalue weighted by atomic mass is 32.1. The fraction of sp³-hybridized carbons (Fsp3) is 0.375. The van der Waals surface area contributed by atoms with Crippen LogP contribution in [0.4, 0.5) is 14.3 Å². The first-order valence-corrected chi connectivity index (χ1v) is 11.7. The monoisotopic (exact) mass is 499 g/mol. The summed E-state index contributed by atoms with van der Waals surface area (Å²) in [4.78, 5) is 40.7. The average molecular weight is 500 g/mol. The van der Waals surface area contributed by atoms with Gasteiger partial charge in [0.15, 0.2) is 10.9 Å². The van der Waals surface area contributed by atoms with Gasteiger partial charge in [-0.1, -0.05) is 11.3 Å². The molecule has 0 radical (unpaired) electrons. The van der Waals surface area contributed by atoms with E-state index in [9.17, 15) is 9.59 Å². The summed E-state index contributed by atoms with van der Waals surface area (Å²) < 4.78 is 25.8. The van der Waals surface area contributed by atoms with Crippen LogP contribution in [0.1, 0.15) is 53.1 Å². The van der Waals surface area contributed by atoms with E-state index < -0.39 is 23.4 Å². The van der Waals surface area contributed by atoms with Gasteiger partial charge in [0.2, 0.25) is 0 Å². The highest BCUT2D eigenvalue weighted by Crippen LogP contribution is 2.37. The van der Waals surface area contributed by atoms with Gasteiger partial charge in [-0.15, -0.1) is 0 Å². The van der Waals surface area contributed by atoms with Crippen molar-refractivity contribution in [3.63, 3.8) is 0 Å². The van der Waals surface area contributed by atoms with Crippen LogP contribution in [0.3, 0.4) is 0 Å². The summed E-state index contributed by atoms with van der Waals surface area (Å²) in [6, 6.07) is 1.63. The largest absolute Gasteiger partial charge is 0.494 e. The molecule has 0 spiro atoms. The molecule has 11 heteroatoms. The van der Waals surface area contributed by atoms with Gasteiger partial charge in [0.25, 0.3) is 5.91 Å². The molecule has 3 aromatic heterocycles. The van der Waals surface area contributed by atoms with Gasteiger partial charge < -0.3 is 9.47 Å². The molecule has 184 valence electrons. The summed E-state index contributed by atoms with van der Waals surface area (Å²) in [6.07, 6.45) is 2.42. The molecule has 1 aliphatic heterocycles. The van der Waals surface area contributed by atoms with Crippen molar-refractivity contribution in [3.05, 3.63) is 51.8 Å². The van der Waals surface area contributed by atoms with Crippen molar-refractivity contribution in [2.45, 2.75) is 53.3 Å². The fourth-order valence-corrected chi connectivity index (χ4v) is 4.61. The Balaban J connectivity index is 1.58. The van der Waals surface area contributed by atoms with Gasteiger partial charge in [-0.3, -0.25) is 25.0 Å². The van der Waals surface area contributed by atoms with Crippen LogP contribution in [0.25, 0.3) is 11.1 Å². The van der Waals surface area contributed by atoms with Crippen LogP contribution in [0.15, 0.2) is 18.5 Å². The van der Waals surface area contributed by atoms with Crippen LogP contribution in [0.2, 0.25) is 0 Å². The molecule has 2 amide bonds. The van der Waals surface area contributed by atoms with E-state index in [0.717, 1.165) is 4.88 Å². The summed E-state index contributed by atoms with van der Waals surface area (Å²) >= 11 is 1.28. The second kappa shape index (κ2) is 9.21. The van der Waals surface area contributed by atoms with Gasteiger partial charge in [-0.2, -0.15) is 0 Å². The van der Waals surface area contributed by atoms with E-state index in [1.54, 1.807) is 24.8 Å². The maximum absolute atomic E-state index is 15.1. The van der Waals surface area contributed by atoms with Crippen LogP contribution >= 0.6 is 11.3 Å². The number of aryl methyl sites for hydroxylation is 2. The molecule has 35 heavy (non-hydrogen) atoms. The summed E-state index contributed by atoms with van der Waals surface area (Å²) in [5, 5.41) is 3.17. The number of rotatable bonds is 4. The summed E-state index contributed by atoms with van der Waals surface area (Å²) in [5.41, 5.74) is 1.57. The van der Waals surface area contributed by atoms with Gasteiger partial charge in [0.05, 0.1) is 53.8 Å². The smallest absolute Gasteiger partial charge is 0.410 e. The van der Waals surface area contributed by atoms with E-state index >= 15 is 4.39 Å². The lowest BCUT2D eigenvalue weighted by Crippen LogP contribution is -2.33. The zero-order valence-electron chi connectivity index (χ0n) is 20.4. The number of fused-ring (bicyclic) bond motifs is 1. The predicted molar refractivity (Wildman–Crippen MR) is 129 cm³/mol. The number of carbonyl (C=O) groups is 2. The molecular weight excluding hydrogens is 473 g/mol. The van der Waals surface area contributed by atoms with Crippen molar-refractivity contribution in [2.24, 2.45) is 0 Å². The molecular formula is C24H26FN5O4S. The lowest BCUT2D eigenvalue weighted by Gasteiger charge is -2.24. The van der Waals surface area contributed by atoms with Crippen LogP contribution < -0.4 is 10.1 Å². The van der Waals surface area contributed by atoms with Crippen molar-refractivity contribution in [1.82, 2.24) is 19.9 Å². The number of ether oxygens (including phenoxy) is 2. The van der Waals surface area contributed by atoms with Crippen LogP contribution in [0.5, 0.6) is 5.75 Å². The van der Waals surface area contributed by atoms with E-state index in [1.165, 1.54) is 30.8 Å². The lowest BCUT2D eigenvalue weighted by atomic mass is 9.99.